The lowest BCUT2D eigenvalue weighted by molar-refractivity contribution is 0.0780. The van der Waals surface area contributed by atoms with Gasteiger partial charge in [-0.3, -0.25) is 0 Å². The molecule has 1 N–H and O–H groups in total. The Balaban J connectivity index is 1.62. The molecular weight excluding hydrogens is 178 g/mol. The van der Waals surface area contributed by atoms with Crippen LogP contribution in [0.2, 0.25) is 0 Å². The summed E-state index contributed by atoms with van der Waals surface area (Å²) < 4.78 is 10.6. The summed E-state index contributed by atoms with van der Waals surface area (Å²) in [6.07, 6.45) is 5.98. The Morgan fingerprint density at radius 2 is 2.57 bits per heavy atom. The molecule has 2 rings (SSSR count). The van der Waals surface area contributed by atoms with Crippen molar-refractivity contribution in [1.82, 2.24) is 5.32 Å². The average molecular weight is 195 g/mol. The molecular formula is C11H17NO2. The van der Waals surface area contributed by atoms with Gasteiger partial charge < -0.3 is 14.5 Å². The van der Waals surface area contributed by atoms with Gasteiger partial charge in [0.25, 0.3) is 0 Å². The molecule has 0 aliphatic carbocycles. The van der Waals surface area contributed by atoms with Gasteiger partial charge in [-0.2, -0.15) is 0 Å². The van der Waals surface area contributed by atoms with Crippen molar-refractivity contribution in [2.45, 2.75) is 19.4 Å². The van der Waals surface area contributed by atoms with E-state index in [2.05, 4.69) is 5.32 Å². The largest absolute Gasteiger partial charge is 0.472 e. The molecule has 1 fully saturated rings. The molecule has 3 heteroatoms. The highest BCUT2D eigenvalue weighted by Gasteiger charge is 2.12. The van der Waals surface area contributed by atoms with Crippen LogP contribution in [0.5, 0.6) is 0 Å². The second kappa shape index (κ2) is 5.17. The van der Waals surface area contributed by atoms with Crippen molar-refractivity contribution in [3.05, 3.63) is 24.2 Å². The van der Waals surface area contributed by atoms with Crippen LogP contribution in [-0.4, -0.2) is 19.7 Å². The monoisotopic (exact) mass is 195 g/mol. The lowest BCUT2D eigenvalue weighted by Crippen LogP contribution is -2.32. The summed E-state index contributed by atoms with van der Waals surface area (Å²) in [6.45, 7) is 3.80. The molecule has 1 aliphatic heterocycles. The lowest BCUT2D eigenvalue weighted by atomic mass is 10.0. The van der Waals surface area contributed by atoms with Gasteiger partial charge in [0.1, 0.15) is 0 Å². The Kier molecular flexibility index (Phi) is 3.60. The molecule has 1 aliphatic rings. The number of rotatable bonds is 4. The van der Waals surface area contributed by atoms with Crippen molar-refractivity contribution in [2.24, 2.45) is 5.92 Å². The van der Waals surface area contributed by atoms with E-state index in [1.54, 1.807) is 12.5 Å². The topological polar surface area (TPSA) is 34.4 Å². The first-order chi connectivity index (χ1) is 6.95. The molecule has 0 aromatic carbocycles. The minimum absolute atomic E-state index is 0.674. The van der Waals surface area contributed by atoms with Crippen molar-refractivity contribution in [3.63, 3.8) is 0 Å². The number of piperidine rings is 1. The Labute approximate surface area is 84.4 Å². The van der Waals surface area contributed by atoms with Crippen LogP contribution in [0.15, 0.2) is 23.0 Å². The van der Waals surface area contributed by atoms with Gasteiger partial charge in [-0.15, -0.1) is 0 Å². The van der Waals surface area contributed by atoms with Crippen molar-refractivity contribution in [3.8, 4) is 0 Å². The van der Waals surface area contributed by atoms with E-state index >= 15 is 0 Å². The van der Waals surface area contributed by atoms with Crippen molar-refractivity contribution in [1.29, 1.82) is 0 Å². The van der Waals surface area contributed by atoms with Crippen LogP contribution in [-0.2, 0) is 11.3 Å². The summed E-state index contributed by atoms with van der Waals surface area (Å²) in [7, 11) is 0. The quantitative estimate of drug-likeness (QED) is 0.795. The average Bonchev–Trinajstić information content (AvgIpc) is 2.72. The number of furan rings is 1. The minimum atomic E-state index is 0.674. The van der Waals surface area contributed by atoms with Crippen molar-refractivity contribution in [2.75, 3.05) is 19.7 Å². The first-order valence-electron chi connectivity index (χ1n) is 5.24. The number of nitrogens with one attached hydrogen (secondary N) is 1. The van der Waals surface area contributed by atoms with Gasteiger partial charge in [-0.05, 0) is 31.4 Å². The number of ether oxygens (including phenoxy) is 1. The van der Waals surface area contributed by atoms with Crippen LogP contribution in [0.4, 0.5) is 0 Å². The van der Waals surface area contributed by atoms with Crippen molar-refractivity contribution >= 4 is 0 Å². The van der Waals surface area contributed by atoms with E-state index in [0.29, 0.717) is 12.5 Å². The molecule has 0 spiro atoms. The molecule has 0 radical (unpaired) electrons. The fourth-order valence-electron chi connectivity index (χ4n) is 1.78. The molecule has 3 nitrogen and oxygen atoms in total. The summed E-state index contributed by atoms with van der Waals surface area (Å²) in [6, 6.07) is 1.94. The second-order valence-corrected chi connectivity index (χ2v) is 3.86. The normalized spacial score (nSPS) is 22.4. The van der Waals surface area contributed by atoms with Crippen LogP contribution < -0.4 is 5.32 Å². The molecule has 0 amide bonds. The zero-order valence-electron chi connectivity index (χ0n) is 8.37. The highest BCUT2D eigenvalue weighted by atomic mass is 16.5. The molecule has 1 atom stereocenters. The number of hydrogen-bond donors (Lipinski definition) is 1. The van der Waals surface area contributed by atoms with E-state index in [0.717, 1.165) is 25.3 Å². The van der Waals surface area contributed by atoms with E-state index in [1.165, 1.54) is 12.8 Å². The van der Waals surface area contributed by atoms with E-state index < -0.39 is 0 Å². The van der Waals surface area contributed by atoms with Gasteiger partial charge in [-0.25, -0.2) is 0 Å². The van der Waals surface area contributed by atoms with E-state index in [9.17, 15) is 0 Å². The summed E-state index contributed by atoms with van der Waals surface area (Å²) in [5, 5.41) is 3.38. The first kappa shape index (κ1) is 9.74. The maximum absolute atomic E-state index is 5.62. The predicted molar refractivity (Wildman–Crippen MR) is 54.0 cm³/mol. The molecule has 78 valence electrons. The van der Waals surface area contributed by atoms with Gasteiger partial charge in [0, 0.05) is 12.1 Å². The summed E-state index contributed by atoms with van der Waals surface area (Å²) in [5.41, 5.74) is 1.12. The fraction of sp³-hybridized carbons (Fsp3) is 0.636. The zero-order chi connectivity index (χ0) is 9.64. The maximum atomic E-state index is 5.62. The highest BCUT2D eigenvalue weighted by Crippen LogP contribution is 2.11. The van der Waals surface area contributed by atoms with E-state index in [-0.39, 0.29) is 0 Å². The Morgan fingerprint density at radius 3 is 3.29 bits per heavy atom. The molecule has 1 saturated heterocycles. The third-order valence-electron chi connectivity index (χ3n) is 2.60. The standard InChI is InChI=1S/C11H17NO2/c1-2-10(6-12-4-1)7-14-9-11-3-5-13-8-11/h3,5,8,10,12H,1-2,4,6-7,9H2. The van der Waals surface area contributed by atoms with Gasteiger partial charge in [0.05, 0.1) is 25.7 Å². The third-order valence-corrected chi connectivity index (χ3v) is 2.60. The first-order valence-corrected chi connectivity index (χ1v) is 5.24. The predicted octanol–water partition coefficient (Wildman–Crippen LogP) is 1.80. The van der Waals surface area contributed by atoms with Gasteiger partial charge in [0.15, 0.2) is 0 Å². The molecule has 14 heavy (non-hydrogen) atoms. The molecule has 1 aromatic rings. The van der Waals surface area contributed by atoms with Gasteiger partial charge >= 0.3 is 0 Å². The van der Waals surface area contributed by atoms with Crippen LogP contribution in [0.3, 0.4) is 0 Å². The minimum Gasteiger partial charge on any atom is -0.472 e. The van der Waals surface area contributed by atoms with Crippen LogP contribution in [0.25, 0.3) is 0 Å². The Morgan fingerprint density at radius 1 is 1.57 bits per heavy atom. The summed E-state index contributed by atoms with van der Waals surface area (Å²) in [5.74, 6) is 0.690. The number of hydrogen-bond acceptors (Lipinski definition) is 3. The Hall–Kier alpha value is -0.800. The molecule has 2 heterocycles. The molecule has 0 bridgehead atoms. The second-order valence-electron chi connectivity index (χ2n) is 3.86. The highest BCUT2D eigenvalue weighted by molar-refractivity contribution is 5.02. The molecule has 1 aromatic heterocycles. The van der Waals surface area contributed by atoms with E-state index in [4.69, 9.17) is 9.15 Å². The maximum Gasteiger partial charge on any atom is 0.0957 e. The fourth-order valence-corrected chi connectivity index (χ4v) is 1.78. The SMILES string of the molecule is c1cc(COCC2CCCNC2)co1. The summed E-state index contributed by atoms with van der Waals surface area (Å²) in [4.78, 5) is 0. The van der Waals surface area contributed by atoms with Crippen LogP contribution in [0, 0.1) is 5.92 Å². The molecule has 0 saturated carbocycles. The summed E-state index contributed by atoms with van der Waals surface area (Å²) >= 11 is 0. The van der Waals surface area contributed by atoms with Gasteiger partial charge in [0.2, 0.25) is 0 Å². The van der Waals surface area contributed by atoms with Gasteiger partial charge in [-0.1, -0.05) is 0 Å². The Bertz CT molecular complexity index is 240. The lowest BCUT2D eigenvalue weighted by Gasteiger charge is -2.22. The zero-order valence-corrected chi connectivity index (χ0v) is 8.37. The van der Waals surface area contributed by atoms with Crippen LogP contribution >= 0.6 is 0 Å². The van der Waals surface area contributed by atoms with Crippen LogP contribution in [0.1, 0.15) is 18.4 Å². The molecule has 1 unspecified atom stereocenters. The van der Waals surface area contributed by atoms with E-state index in [1.807, 2.05) is 6.07 Å². The third kappa shape index (κ3) is 2.86. The van der Waals surface area contributed by atoms with Crippen molar-refractivity contribution < 1.29 is 9.15 Å². The smallest absolute Gasteiger partial charge is 0.0957 e.